The van der Waals surface area contributed by atoms with E-state index in [0.717, 1.165) is 37.5 Å². The summed E-state index contributed by atoms with van der Waals surface area (Å²) in [5, 5.41) is 0. The van der Waals surface area contributed by atoms with Crippen LogP contribution in [0.2, 0.25) is 0 Å². The number of hydrogen-bond donors (Lipinski definition) is 0. The molecule has 5 aliphatic carbocycles. The van der Waals surface area contributed by atoms with Crippen molar-refractivity contribution < 1.29 is 14.3 Å². The lowest BCUT2D eigenvalue weighted by Gasteiger charge is -2.71. The van der Waals surface area contributed by atoms with E-state index >= 15 is 0 Å². The molecule has 4 bridgehead atoms. The van der Waals surface area contributed by atoms with E-state index in [1.807, 2.05) is 0 Å². The van der Waals surface area contributed by atoms with Crippen molar-refractivity contribution in [3.8, 4) is 5.75 Å². The predicted octanol–water partition coefficient (Wildman–Crippen LogP) is 3.58. The van der Waals surface area contributed by atoms with Crippen molar-refractivity contribution in [2.75, 3.05) is 20.2 Å². The van der Waals surface area contributed by atoms with Crippen LogP contribution in [-0.4, -0.2) is 48.6 Å². The number of piperidine rings is 1. The molecule has 3 fully saturated rings. The topological polar surface area (TPSA) is 38.8 Å². The fourth-order valence-corrected chi connectivity index (χ4v) is 8.39. The van der Waals surface area contributed by atoms with E-state index in [1.54, 1.807) is 14.0 Å². The van der Waals surface area contributed by atoms with E-state index in [-0.39, 0.29) is 28.6 Å². The van der Waals surface area contributed by atoms with Gasteiger partial charge in [0.15, 0.2) is 0 Å². The van der Waals surface area contributed by atoms with Gasteiger partial charge in [-0.05, 0) is 69.5 Å². The molecular weight excluding hydrogens is 374 g/mol. The first-order valence-electron chi connectivity index (χ1n) is 11.8. The zero-order valence-electron chi connectivity index (χ0n) is 18.2. The zero-order valence-corrected chi connectivity index (χ0v) is 18.2. The molecule has 2 aliphatic heterocycles. The van der Waals surface area contributed by atoms with Crippen molar-refractivity contribution in [3.63, 3.8) is 0 Å². The number of aryl methyl sites for hydroxylation is 1. The maximum Gasteiger partial charge on any atom is 0.143 e. The highest BCUT2D eigenvalue weighted by Crippen LogP contribution is 2.74. The third kappa shape index (κ3) is 1.75. The molecule has 2 heterocycles. The molecule has 0 unspecified atom stereocenters. The molecule has 158 valence electrons. The Morgan fingerprint density at radius 1 is 1.30 bits per heavy atom. The molecule has 7 aliphatic rings. The third-order valence-corrected chi connectivity index (χ3v) is 9.81. The quantitative estimate of drug-likeness (QED) is 0.718. The second-order valence-electron chi connectivity index (χ2n) is 10.9. The number of ketones is 1. The molecule has 30 heavy (non-hydrogen) atoms. The molecule has 8 rings (SSSR count). The van der Waals surface area contributed by atoms with Gasteiger partial charge in [-0.3, -0.25) is 9.69 Å². The first kappa shape index (κ1) is 18.0. The fraction of sp³-hybridized carbons (Fsp3) is 0.654. The standard InChI is InChI=1S/C26H31NO3/c1-15-4-7-18-12-20-24-8-9-26(29-3,19(13-24)16(2)28)23-25(24,21(18)22(15)30-23)10-11-27(20)14-17-5-6-17/h4,7-9,17,19-20,23H,5-6,10-14H2,1-3H3/t19-,20-,23-,24-,25+,26-/m1/s1. The third-order valence-electron chi connectivity index (χ3n) is 9.81. The average Bonchev–Trinajstić information content (AvgIpc) is 3.48. The highest BCUT2D eigenvalue weighted by molar-refractivity contribution is 5.82. The molecule has 0 aromatic heterocycles. The molecule has 0 N–H and O–H groups in total. The number of hydrogen-bond acceptors (Lipinski definition) is 4. The van der Waals surface area contributed by atoms with Crippen molar-refractivity contribution in [2.24, 2.45) is 17.3 Å². The van der Waals surface area contributed by atoms with E-state index in [2.05, 4.69) is 36.1 Å². The van der Waals surface area contributed by atoms with E-state index in [1.165, 1.54) is 36.1 Å². The SMILES string of the molecule is CO[C@]12C=C[C@@]3(C[C@@H]1C(C)=O)[C@H]1Cc4ccc(C)c5c4[C@@]3(CCN1CC1CC1)[C@H]2O5. The molecule has 0 radical (unpaired) electrons. The first-order valence-corrected chi connectivity index (χ1v) is 11.8. The number of methoxy groups -OCH3 is 1. The molecule has 1 aromatic rings. The fourth-order valence-electron chi connectivity index (χ4n) is 8.39. The summed E-state index contributed by atoms with van der Waals surface area (Å²) < 4.78 is 13.2. The maximum absolute atomic E-state index is 13.0. The van der Waals surface area contributed by atoms with Crippen molar-refractivity contribution in [3.05, 3.63) is 41.0 Å². The van der Waals surface area contributed by atoms with E-state index in [0.29, 0.717) is 6.04 Å². The summed E-state index contributed by atoms with van der Waals surface area (Å²) in [4.78, 5) is 15.7. The molecule has 4 nitrogen and oxygen atoms in total. The summed E-state index contributed by atoms with van der Waals surface area (Å²) >= 11 is 0. The van der Waals surface area contributed by atoms with Crippen LogP contribution in [0.4, 0.5) is 0 Å². The van der Waals surface area contributed by atoms with Crippen LogP contribution in [-0.2, 0) is 21.4 Å². The number of carbonyl (C=O) groups excluding carboxylic acids is 1. The van der Waals surface area contributed by atoms with Gasteiger partial charge in [-0.2, -0.15) is 0 Å². The van der Waals surface area contributed by atoms with Gasteiger partial charge in [0.25, 0.3) is 0 Å². The second kappa shape index (κ2) is 5.39. The Bertz CT molecular complexity index is 1010. The summed E-state index contributed by atoms with van der Waals surface area (Å²) in [6, 6.07) is 5.04. The number of likely N-dealkylation sites (tertiary alicyclic amines) is 1. The van der Waals surface area contributed by atoms with E-state index in [4.69, 9.17) is 9.47 Å². The van der Waals surface area contributed by atoms with Gasteiger partial charge in [-0.25, -0.2) is 0 Å². The van der Waals surface area contributed by atoms with Crippen molar-refractivity contribution in [1.29, 1.82) is 0 Å². The van der Waals surface area contributed by atoms with Crippen LogP contribution in [0.1, 0.15) is 49.3 Å². The Hall–Kier alpha value is -1.65. The summed E-state index contributed by atoms with van der Waals surface area (Å²) in [7, 11) is 1.78. The molecule has 0 amide bonds. The van der Waals surface area contributed by atoms with Gasteiger partial charge in [0.1, 0.15) is 23.2 Å². The van der Waals surface area contributed by atoms with Crippen LogP contribution in [0, 0.1) is 24.2 Å². The predicted molar refractivity (Wildman–Crippen MR) is 114 cm³/mol. The largest absolute Gasteiger partial charge is 0.485 e. The van der Waals surface area contributed by atoms with Crippen molar-refractivity contribution >= 4 is 5.78 Å². The monoisotopic (exact) mass is 405 g/mol. The van der Waals surface area contributed by atoms with E-state index in [9.17, 15) is 4.79 Å². The highest BCUT2D eigenvalue weighted by Gasteiger charge is 2.79. The maximum atomic E-state index is 13.0. The minimum absolute atomic E-state index is 0.0343. The van der Waals surface area contributed by atoms with Gasteiger partial charge in [0.05, 0.1) is 11.3 Å². The number of ether oxygens (including phenoxy) is 2. The lowest BCUT2D eigenvalue weighted by molar-refractivity contribution is -0.214. The summed E-state index contributed by atoms with van der Waals surface area (Å²) in [6.07, 6.45) is 10.4. The molecule has 4 heteroatoms. The summed E-state index contributed by atoms with van der Waals surface area (Å²) in [5.41, 5.74) is 3.40. The van der Waals surface area contributed by atoms with Crippen molar-refractivity contribution in [2.45, 2.75) is 69.1 Å². The summed E-state index contributed by atoms with van der Waals surface area (Å²) in [6.45, 7) is 6.27. The lowest BCUT2D eigenvalue weighted by Crippen LogP contribution is -2.79. The van der Waals surface area contributed by atoms with Gasteiger partial charge >= 0.3 is 0 Å². The first-order chi connectivity index (χ1) is 14.5. The Balaban J connectivity index is 1.51. The van der Waals surface area contributed by atoms with Gasteiger partial charge in [-0.15, -0.1) is 0 Å². The second-order valence-corrected chi connectivity index (χ2v) is 10.9. The van der Waals surface area contributed by atoms with Gasteiger partial charge in [0, 0.05) is 30.7 Å². The van der Waals surface area contributed by atoms with Gasteiger partial charge < -0.3 is 9.47 Å². The normalized spacial score (nSPS) is 44.7. The number of benzene rings is 1. The van der Waals surface area contributed by atoms with Crippen LogP contribution in [0.3, 0.4) is 0 Å². The average molecular weight is 406 g/mol. The molecule has 1 saturated heterocycles. The van der Waals surface area contributed by atoms with Gasteiger partial charge in [-0.1, -0.05) is 24.3 Å². The van der Waals surface area contributed by atoms with Crippen LogP contribution in [0.25, 0.3) is 0 Å². The Labute approximate surface area is 178 Å². The smallest absolute Gasteiger partial charge is 0.143 e. The Morgan fingerprint density at radius 3 is 2.87 bits per heavy atom. The number of carbonyl (C=O) groups is 1. The zero-order chi connectivity index (χ0) is 20.5. The van der Waals surface area contributed by atoms with Crippen LogP contribution < -0.4 is 4.74 Å². The summed E-state index contributed by atoms with van der Waals surface area (Å²) in [5.74, 6) is 2.07. The van der Waals surface area contributed by atoms with E-state index < -0.39 is 5.60 Å². The number of Topliss-reactive ketones (excluding diaryl/α,β-unsaturated/α-hetero) is 1. The number of nitrogens with zero attached hydrogens (tertiary/aromatic N) is 1. The van der Waals surface area contributed by atoms with Crippen LogP contribution in [0.5, 0.6) is 5.75 Å². The number of rotatable bonds is 4. The molecule has 2 saturated carbocycles. The van der Waals surface area contributed by atoms with Crippen LogP contribution >= 0.6 is 0 Å². The molecule has 6 atom stereocenters. The Morgan fingerprint density at radius 2 is 2.13 bits per heavy atom. The highest BCUT2D eigenvalue weighted by atomic mass is 16.6. The van der Waals surface area contributed by atoms with Crippen molar-refractivity contribution in [1.82, 2.24) is 4.90 Å². The van der Waals surface area contributed by atoms with Crippen LogP contribution in [0.15, 0.2) is 24.3 Å². The number of fused-ring (bicyclic) bond motifs is 1. The minimum Gasteiger partial charge on any atom is -0.485 e. The minimum atomic E-state index is -0.656. The molecule has 1 aromatic carbocycles. The Kier molecular flexibility index (Phi) is 3.23. The molecular formula is C26H31NO3. The molecule has 2 spiro atoms. The lowest BCUT2D eigenvalue weighted by atomic mass is 9.37. The van der Waals surface area contributed by atoms with Gasteiger partial charge in [0.2, 0.25) is 0 Å².